The summed E-state index contributed by atoms with van der Waals surface area (Å²) in [5.74, 6) is 0.157. The molecule has 0 aliphatic heterocycles. The summed E-state index contributed by atoms with van der Waals surface area (Å²) in [6.07, 6.45) is 3.42. The van der Waals surface area contributed by atoms with Gasteiger partial charge in [-0.15, -0.1) is 0 Å². The Kier molecular flexibility index (Phi) is 6.22. The summed E-state index contributed by atoms with van der Waals surface area (Å²) in [7, 11) is 0. The molecule has 0 spiro atoms. The molecule has 0 aliphatic carbocycles. The number of nitrogens with one attached hydrogen (secondary N) is 1. The molecule has 4 nitrogen and oxygen atoms in total. The molecule has 0 fully saturated rings. The fourth-order valence-corrected chi connectivity index (χ4v) is 1.99. The van der Waals surface area contributed by atoms with Gasteiger partial charge < -0.3 is 15.0 Å². The van der Waals surface area contributed by atoms with E-state index >= 15 is 0 Å². The van der Waals surface area contributed by atoms with Gasteiger partial charge in [-0.3, -0.25) is 4.79 Å². The lowest BCUT2D eigenvalue weighted by molar-refractivity contribution is 0.0936. The maximum absolute atomic E-state index is 12.0. The van der Waals surface area contributed by atoms with Crippen molar-refractivity contribution < 1.29 is 9.90 Å². The van der Waals surface area contributed by atoms with Gasteiger partial charge in [0.25, 0.3) is 5.91 Å². The fourth-order valence-electron chi connectivity index (χ4n) is 1.77. The smallest absolute Gasteiger partial charge is 0.267 e. The van der Waals surface area contributed by atoms with Crippen LogP contribution in [0.15, 0.2) is 12.3 Å². The van der Waals surface area contributed by atoms with Crippen molar-refractivity contribution >= 4 is 17.5 Å². The molecule has 0 aliphatic rings. The normalized spacial score (nSPS) is 12.4. The highest BCUT2D eigenvalue weighted by atomic mass is 35.5. The van der Waals surface area contributed by atoms with Crippen molar-refractivity contribution in [2.24, 2.45) is 5.92 Å². The van der Waals surface area contributed by atoms with Crippen LogP contribution in [0.3, 0.4) is 0 Å². The second kappa shape index (κ2) is 7.44. The van der Waals surface area contributed by atoms with Gasteiger partial charge in [-0.2, -0.15) is 0 Å². The highest BCUT2D eigenvalue weighted by Crippen LogP contribution is 2.14. The predicted octanol–water partition coefficient (Wildman–Crippen LogP) is 2.30. The number of carbonyl (C=O) groups excluding carboxylic acids is 1. The van der Waals surface area contributed by atoms with Gasteiger partial charge in [0.1, 0.15) is 5.69 Å². The molecule has 102 valence electrons. The zero-order valence-electron chi connectivity index (χ0n) is 10.9. The summed E-state index contributed by atoms with van der Waals surface area (Å²) in [6.45, 7) is 5.54. The molecule has 0 aromatic carbocycles. The molecule has 1 amide bonds. The van der Waals surface area contributed by atoms with Crippen LogP contribution >= 0.6 is 11.6 Å². The summed E-state index contributed by atoms with van der Waals surface area (Å²) in [5.41, 5.74) is 0.595. The third kappa shape index (κ3) is 4.35. The first-order valence-electron chi connectivity index (χ1n) is 6.33. The molecule has 1 aromatic heterocycles. The van der Waals surface area contributed by atoms with Crippen LogP contribution in [-0.2, 0) is 6.54 Å². The van der Waals surface area contributed by atoms with Crippen LogP contribution in [0.25, 0.3) is 0 Å². The van der Waals surface area contributed by atoms with E-state index in [-0.39, 0.29) is 18.4 Å². The van der Waals surface area contributed by atoms with Gasteiger partial charge in [0, 0.05) is 25.9 Å². The molecule has 5 heteroatoms. The van der Waals surface area contributed by atoms with E-state index in [2.05, 4.69) is 12.2 Å². The lowest BCUT2D eigenvalue weighted by atomic mass is 10.1. The number of rotatable bonds is 7. The van der Waals surface area contributed by atoms with Crippen molar-refractivity contribution in [1.82, 2.24) is 9.88 Å². The molecule has 1 aromatic rings. The van der Waals surface area contributed by atoms with Crippen LogP contribution in [0, 0.1) is 5.92 Å². The molecule has 0 radical (unpaired) electrons. The van der Waals surface area contributed by atoms with Gasteiger partial charge in [0.05, 0.1) is 5.02 Å². The van der Waals surface area contributed by atoms with Gasteiger partial charge in [0.15, 0.2) is 0 Å². The Labute approximate surface area is 113 Å². The highest BCUT2D eigenvalue weighted by molar-refractivity contribution is 6.31. The summed E-state index contributed by atoms with van der Waals surface area (Å²) in [5, 5.41) is 12.2. The van der Waals surface area contributed by atoms with Crippen molar-refractivity contribution in [2.75, 3.05) is 13.2 Å². The first-order chi connectivity index (χ1) is 8.58. The molecular formula is C13H21ClN2O2. The van der Waals surface area contributed by atoms with E-state index in [1.807, 2.05) is 11.5 Å². The molecular weight excluding hydrogens is 252 g/mol. The Morgan fingerprint density at radius 3 is 2.94 bits per heavy atom. The number of hydrogen-bond acceptors (Lipinski definition) is 2. The number of aromatic nitrogens is 1. The van der Waals surface area contributed by atoms with Crippen molar-refractivity contribution in [3.05, 3.63) is 23.0 Å². The molecule has 1 atom stereocenters. The Morgan fingerprint density at radius 2 is 2.33 bits per heavy atom. The van der Waals surface area contributed by atoms with Crippen LogP contribution < -0.4 is 5.32 Å². The number of halogens is 1. The lowest BCUT2D eigenvalue weighted by Crippen LogP contribution is -2.30. The van der Waals surface area contributed by atoms with Crippen molar-refractivity contribution in [3.63, 3.8) is 0 Å². The van der Waals surface area contributed by atoms with E-state index in [0.717, 1.165) is 13.0 Å². The number of nitrogens with zero attached hydrogens (tertiary/aromatic N) is 1. The predicted molar refractivity (Wildman–Crippen MR) is 72.9 cm³/mol. The van der Waals surface area contributed by atoms with Crippen LogP contribution in [0.1, 0.15) is 37.2 Å². The second-order valence-corrected chi connectivity index (χ2v) is 5.00. The Morgan fingerprint density at radius 1 is 1.61 bits per heavy atom. The molecule has 1 heterocycles. The minimum atomic E-state index is -0.111. The monoisotopic (exact) mass is 272 g/mol. The van der Waals surface area contributed by atoms with E-state index < -0.39 is 0 Å². The molecule has 2 N–H and O–H groups in total. The van der Waals surface area contributed by atoms with Crippen LogP contribution in [0.2, 0.25) is 5.02 Å². The first-order valence-corrected chi connectivity index (χ1v) is 6.71. The summed E-state index contributed by atoms with van der Waals surface area (Å²) < 4.78 is 1.87. The number of carbonyl (C=O) groups is 1. The molecule has 1 unspecified atom stereocenters. The van der Waals surface area contributed by atoms with Gasteiger partial charge in [-0.25, -0.2) is 0 Å². The zero-order valence-corrected chi connectivity index (χ0v) is 11.7. The number of amides is 1. The minimum Gasteiger partial charge on any atom is -0.396 e. The maximum Gasteiger partial charge on any atom is 0.267 e. The quantitative estimate of drug-likeness (QED) is 0.800. The van der Waals surface area contributed by atoms with E-state index in [1.54, 1.807) is 12.3 Å². The fraction of sp³-hybridized carbons (Fsp3) is 0.615. The molecule has 1 rings (SSSR count). The van der Waals surface area contributed by atoms with Crippen LogP contribution in [-0.4, -0.2) is 28.7 Å². The average Bonchev–Trinajstić information content (AvgIpc) is 2.68. The van der Waals surface area contributed by atoms with Gasteiger partial charge in [0.2, 0.25) is 0 Å². The topological polar surface area (TPSA) is 54.3 Å². The summed E-state index contributed by atoms with van der Waals surface area (Å²) in [4.78, 5) is 12.0. The number of aryl methyl sites for hydroxylation is 1. The molecule has 18 heavy (non-hydrogen) atoms. The van der Waals surface area contributed by atoms with Crippen molar-refractivity contribution in [3.8, 4) is 0 Å². The van der Waals surface area contributed by atoms with Crippen LogP contribution in [0.4, 0.5) is 0 Å². The summed E-state index contributed by atoms with van der Waals surface area (Å²) in [6, 6.07) is 1.68. The zero-order chi connectivity index (χ0) is 13.5. The Hall–Kier alpha value is -1.00. The second-order valence-electron chi connectivity index (χ2n) is 4.56. The maximum atomic E-state index is 12.0. The largest absolute Gasteiger partial charge is 0.396 e. The third-order valence-corrected chi connectivity index (χ3v) is 3.00. The Bertz CT molecular complexity index is 390. The van der Waals surface area contributed by atoms with Gasteiger partial charge in [-0.1, -0.05) is 25.4 Å². The Balaban J connectivity index is 2.60. The lowest BCUT2D eigenvalue weighted by Gasteiger charge is -2.12. The number of aliphatic hydroxyl groups is 1. The van der Waals surface area contributed by atoms with E-state index in [1.165, 1.54) is 0 Å². The van der Waals surface area contributed by atoms with Crippen molar-refractivity contribution in [2.45, 2.75) is 33.2 Å². The van der Waals surface area contributed by atoms with Gasteiger partial charge in [-0.05, 0) is 24.8 Å². The number of aliphatic hydroxyl groups excluding tert-OH is 1. The third-order valence-electron chi connectivity index (χ3n) is 2.79. The minimum absolute atomic E-state index is 0.111. The summed E-state index contributed by atoms with van der Waals surface area (Å²) >= 11 is 5.92. The van der Waals surface area contributed by atoms with E-state index in [0.29, 0.717) is 23.7 Å². The van der Waals surface area contributed by atoms with E-state index in [9.17, 15) is 4.79 Å². The SMILES string of the molecule is CCCn1cc(Cl)cc1C(=O)NCC(C)CCO. The highest BCUT2D eigenvalue weighted by Gasteiger charge is 2.13. The molecule has 0 saturated heterocycles. The number of hydrogen-bond donors (Lipinski definition) is 2. The standard InChI is InChI=1S/C13H21ClN2O2/c1-3-5-16-9-11(14)7-12(16)13(18)15-8-10(2)4-6-17/h7,9-10,17H,3-6,8H2,1-2H3,(H,15,18). The van der Waals surface area contributed by atoms with E-state index in [4.69, 9.17) is 16.7 Å². The van der Waals surface area contributed by atoms with Crippen LogP contribution in [0.5, 0.6) is 0 Å². The molecule has 0 saturated carbocycles. The average molecular weight is 273 g/mol. The first kappa shape index (κ1) is 15.1. The molecule has 0 bridgehead atoms. The van der Waals surface area contributed by atoms with Crippen molar-refractivity contribution in [1.29, 1.82) is 0 Å². The van der Waals surface area contributed by atoms with Gasteiger partial charge >= 0.3 is 0 Å².